The minimum Gasteiger partial charge on any atom is -0.744 e. The summed E-state index contributed by atoms with van der Waals surface area (Å²) in [7, 11) is -4.27. The van der Waals surface area contributed by atoms with Crippen molar-refractivity contribution >= 4 is 10.1 Å². The molecule has 0 aliphatic heterocycles. The minimum absolute atomic E-state index is 0. The zero-order chi connectivity index (χ0) is 11.2. The molecule has 0 amide bonds. The normalized spacial score (nSPS) is 11.2. The number of rotatable bonds is 1. The summed E-state index contributed by atoms with van der Waals surface area (Å²) in [5, 5.41) is 0. The topological polar surface area (TPSA) is 88.7 Å². The molecule has 68 valence electrons. The summed E-state index contributed by atoms with van der Waals surface area (Å²) in [6, 6.07) is 5.78. The third-order valence-electron chi connectivity index (χ3n) is 1.31. The van der Waals surface area contributed by atoms with Crippen LogP contribution in [0.15, 0.2) is 29.2 Å². The van der Waals surface area contributed by atoms with E-state index in [0.717, 1.165) is 5.56 Å². The van der Waals surface area contributed by atoms with Gasteiger partial charge in [0.15, 0.2) is 0 Å². The van der Waals surface area contributed by atoms with Gasteiger partial charge < -0.3 is 10.0 Å². The summed E-state index contributed by atoms with van der Waals surface area (Å²) in [4.78, 5) is -0.178. The van der Waals surface area contributed by atoms with Crippen LogP contribution in [0.25, 0.3) is 0 Å². The molecule has 0 aliphatic carbocycles. The van der Waals surface area contributed by atoms with E-state index in [1.54, 1.807) is 12.1 Å². The number of benzene rings is 1. The smallest absolute Gasteiger partial charge is 0.744 e. The van der Waals surface area contributed by atoms with Crippen molar-refractivity contribution in [3.8, 4) is 0 Å². The Morgan fingerprint density at radius 1 is 1.38 bits per heavy atom. The van der Waals surface area contributed by atoms with Gasteiger partial charge in [0.25, 0.3) is 0 Å². The molecular formula is C7H9NaO4S. The summed E-state index contributed by atoms with van der Waals surface area (Å²) in [5.41, 5.74) is 3.68. The quantitative estimate of drug-likeness (QED) is 0.370. The van der Waals surface area contributed by atoms with Crippen LogP contribution in [0.3, 0.4) is 0 Å². The average molecular weight is 214 g/mol. The zero-order valence-electron chi connectivity index (χ0n) is 9.35. The molecule has 1 aromatic rings. The minimum atomic E-state index is -4.27. The maximum Gasteiger partial charge on any atom is 1.00 e. The van der Waals surface area contributed by atoms with E-state index in [2.05, 4.69) is 5.48 Å². The first-order valence-electron chi connectivity index (χ1n) is 3.84. The van der Waals surface area contributed by atoms with Crippen LogP contribution >= 0.6 is 0 Å². The van der Waals surface area contributed by atoms with Gasteiger partial charge in [-0.25, -0.2) is 8.42 Å². The molecule has 0 aromatic heterocycles. The fourth-order valence-corrected chi connectivity index (χ4v) is 1.17. The summed E-state index contributed by atoms with van der Waals surface area (Å²) >= 11 is 0. The van der Waals surface area contributed by atoms with Crippen molar-refractivity contribution in [3.63, 3.8) is 0 Å². The molecule has 0 radical (unpaired) electrons. The van der Waals surface area contributed by atoms with Crippen LogP contribution in [0.4, 0.5) is 0 Å². The Morgan fingerprint density at radius 3 is 2.08 bits per heavy atom. The molecule has 0 saturated carbocycles. The maximum absolute atomic E-state index is 10.4. The molecular weight excluding hydrogens is 203 g/mol. The Hall–Kier alpha value is 0.0900. The first-order chi connectivity index (χ1) is 6.41. The number of hydrogen-bond donors (Lipinski definition) is 0. The molecule has 1 aromatic carbocycles. The van der Waals surface area contributed by atoms with Crippen molar-refractivity contribution in [1.82, 2.24) is 0 Å². The largest absolute Gasteiger partial charge is 1.00 e. The molecule has 4 nitrogen and oxygen atoms in total. The molecule has 2 N–H and O–H groups in total. The molecule has 1 rings (SSSR count). The molecule has 0 fully saturated rings. The maximum atomic E-state index is 10.4. The van der Waals surface area contributed by atoms with E-state index >= 15 is 0 Å². The summed E-state index contributed by atoms with van der Waals surface area (Å²) in [6.07, 6.45) is 0. The Kier molecular flexibility index (Phi) is 4.93. The molecule has 6 heteroatoms. The van der Waals surface area contributed by atoms with Crippen molar-refractivity contribution in [2.75, 3.05) is 0 Å². The van der Waals surface area contributed by atoms with Crippen LogP contribution in [0.1, 0.15) is 5.56 Å². The van der Waals surface area contributed by atoms with Crippen molar-refractivity contribution < 1.29 is 48.0 Å². The predicted molar refractivity (Wildman–Crippen MR) is 42.8 cm³/mol. The average Bonchev–Trinajstić information content (AvgIpc) is 2.04. The molecule has 0 unspecified atom stereocenters. The Balaban J connectivity index is 0. The number of aryl methyl sites for hydroxylation is 1. The van der Waals surface area contributed by atoms with E-state index in [1.807, 2.05) is 6.92 Å². The number of hydrogen-bond acceptors (Lipinski definition) is 3. The first kappa shape index (κ1) is 11.2. The van der Waals surface area contributed by atoms with Crippen LogP contribution in [-0.2, 0) is 10.1 Å². The third kappa shape index (κ3) is 4.75. The molecule has 0 heterocycles. The van der Waals surface area contributed by atoms with Gasteiger partial charge in [0.2, 0.25) is 2.86 Å². The second-order valence-electron chi connectivity index (χ2n) is 2.27. The van der Waals surface area contributed by atoms with Crippen molar-refractivity contribution in [3.05, 3.63) is 29.8 Å². The van der Waals surface area contributed by atoms with Crippen LogP contribution in [0, 0.1) is 6.92 Å². The molecule has 13 heavy (non-hydrogen) atoms. The van der Waals surface area contributed by atoms with E-state index in [4.69, 9.17) is 2.86 Å². The molecule has 0 spiro atoms. The first-order valence-corrected chi connectivity index (χ1v) is 4.43. The van der Waals surface area contributed by atoms with Crippen LogP contribution in [0.2, 0.25) is 0 Å². The Bertz CT molecular complexity index is 365. The summed E-state index contributed by atoms with van der Waals surface area (Å²) in [6.45, 7) is 1.82. The fraction of sp³-hybridized carbons (Fsp3) is 0.143. The second kappa shape index (κ2) is 5.74. The molecule has 0 saturated heterocycles. The Morgan fingerprint density at radius 2 is 1.77 bits per heavy atom. The van der Waals surface area contributed by atoms with Gasteiger partial charge in [0.1, 0.15) is 10.1 Å². The summed E-state index contributed by atoms with van der Waals surface area (Å²) < 4.78 is 41.9. The standard InChI is InChI=1S/C7H8O3S.Na.H2O/c1-6-2-4-7(5-3-6)11(8,9)10;;/h2-5H,1H3,(H,8,9,10);;1H2/q;+1;/p-1/i/hD2. The second-order valence-corrected chi connectivity index (χ2v) is 3.65. The van der Waals surface area contributed by atoms with Gasteiger partial charge in [0, 0.05) is 0 Å². The van der Waals surface area contributed by atoms with Crippen molar-refractivity contribution in [2.24, 2.45) is 0 Å². The van der Waals surface area contributed by atoms with E-state index in [1.165, 1.54) is 12.1 Å². The molecule has 0 aliphatic rings. The van der Waals surface area contributed by atoms with Crippen LogP contribution in [-0.4, -0.2) is 21.3 Å². The van der Waals surface area contributed by atoms with E-state index in [9.17, 15) is 13.0 Å². The van der Waals surface area contributed by atoms with E-state index < -0.39 is 10.1 Å². The van der Waals surface area contributed by atoms with Crippen molar-refractivity contribution in [1.29, 1.82) is 2.86 Å². The fourth-order valence-electron chi connectivity index (χ4n) is 0.705. The van der Waals surface area contributed by atoms with Gasteiger partial charge in [-0.05, 0) is 19.1 Å². The van der Waals surface area contributed by atoms with Crippen LogP contribution in [0.5, 0.6) is 0 Å². The molecule has 0 atom stereocenters. The van der Waals surface area contributed by atoms with Crippen molar-refractivity contribution in [2.45, 2.75) is 11.8 Å². The van der Waals surface area contributed by atoms with E-state index in [-0.39, 0.29) is 34.5 Å². The van der Waals surface area contributed by atoms with Crippen LogP contribution < -0.4 is 29.6 Å². The third-order valence-corrected chi connectivity index (χ3v) is 2.16. The van der Waals surface area contributed by atoms with Gasteiger partial charge >= 0.3 is 29.6 Å². The van der Waals surface area contributed by atoms with Gasteiger partial charge in [-0.3, -0.25) is 0 Å². The van der Waals surface area contributed by atoms with Gasteiger partial charge in [-0.1, -0.05) is 17.7 Å². The van der Waals surface area contributed by atoms with Gasteiger partial charge in [-0.2, -0.15) is 0 Å². The summed E-state index contributed by atoms with van der Waals surface area (Å²) in [5.74, 6) is 0. The monoisotopic (exact) mass is 214 g/mol. The Labute approximate surface area is 102 Å². The van der Waals surface area contributed by atoms with E-state index in [0.29, 0.717) is 0 Å². The molecule has 0 bridgehead atoms. The SMILES string of the molecule is Cc1ccc(S(=O)(=O)[O-])cc1.[2H]O[2H].[Na+]. The van der Waals surface area contributed by atoms with Gasteiger partial charge in [-0.15, -0.1) is 0 Å². The zero-order valence-corrected chi connectivity index (χ0v) is 10.2. The van der Waals surface area contributed by atoms with Gasteiger partial charge in [0.05, 0.1) is 4.90 Å². The predicted octanol–water partition coefficient (Wildman–Crippen LogP) is -2.92.